The van der Waals surface area contributed by atoms with Crippen molar-refractivity contribution in [2.24, 2.45) is 0 Å². The molecule has 2 aromatic carbocycles. The molecular weight excluding hydrogens is 270 g/mol. The highest BCUT2D eigenvalue weighted by molar-refractivity contribution is 5.85. The number of aryl methyl sites for hydroxylation is 3. The number of nitrogen functional groups attached to an aromatic ring is 1. The number of nitrogens with one attached hydrogen (secondary N) is 1. The van der Waals surface area contributed by atoms with Crippen molar-refractivity contribution in [2.75, 3.05) is 5.73 Å². The van der Waals surface area contributed by atoms with E-state index < -0.39 is 0 Å². The van der Waals surface area contributed by atoms with Crippen LogP contribution in [-0.2, 0) is 12.8 Å². The number of anilines is 1. The van der Waals surface area contributed by atoms with Crippen LogP contribution < -0.4 is 5.73 Å². The predicted molar refractivity (Wildman–Crippen MR) is 86.3 cm³/mol. The molecule has 1 aromatic heterocycles. The standard InChI is InChI=1S/C16H17N3.ClH/c1-11-2-8-14-15(10-11)19-16(18-14)9-5-12-3-6-13(17)7-4-12;/h2-4,6-8,10H,5,9,17H2,1H3,(H,18,19);1H. The highest BCUT2D eigenvalue weighted by Crippen LogP contribution is 2.15. The zero-order chi connectivity index (χ0) is 13.2. The average molecular weight is 288 g/mol. The SMILES string of the molecule is Cc1ccc2nc(CCc3ccc(N)cc3)[nH]c2c1.Cl. The first-order chi connectivity index (χ1) is 9.20. The highest BCUT2D eigenvalue weighted by Gasteiger charge is 2.03. The first-order valence-electron chi connectivity index (χ1n) is 6.50. The van der Waals surface area contributed by atoms with Gasteiger partial charge in [0.2, 0.25) is 0 Å². The van der Waals surface area contributed by atoms with Crippen molar-refractivity contribution in [1.82, 2.24) is 9.97 Å². The number of halogens is 1. The Morgan fingerprint density at radius 2 is 1.80 bits per heavy atom. The van der Waals surface area contributed by atoms with Gasteiger partial charge in [0.25, 0.3) is 0 Å². The van der Waals surface area contributed by atoms with E-state index in [0.717, 1.165) is 35.4 Å². The summed E-state index contributed by atoms with van der Waals surface area (Å²) >= 11 is 0. The fraction of sp³-hybridized carbons (Fsp3) is 0.188. The Hall–Kier alpha value is -2.00. The van der Waals surface area contributed by atoms with Crippen molar-refractivity contribution in [1.29, 1.82) is 0 Å². The van der Waals surface area contributed by atoms with Crippen LogP contribution in [0.2, 0.25) is 0 Å². The third-order valence-corrected chi connectivity index (χ3v) is 3.32. The Balaban J connectivity index is 0.00000147. The van der Waals surface area contributed by atoms with Gasteiger partial charge in [0, 0.05) is 12.1 Å². The van der Waals surface area contributed by atoms with E-state index in [0.29, 0.717) is 0 Å². The van der Waals surface area contributed by atoms with Crippen molar-refractivity contribution >= 4 is 29.1 Å². The Labute approximate surface area is 124 Å². The van der Waals surface area contributed by atoms with Crippen molar-refractivity contribution in [3.05, 3.63) is 59.4 Å². The number of fused-ring (bicyclic) bond motifs is 1. The molecule has 0 atom stereocenters. The van der Waals surface area contributed by atoms with E-state index in [2.05, 4.69) is 47.2 Å². The van der Waals surface area contributed by atoms with Crippen molar-refractivity contribution < 1.29 is 0 Å². The summed E-state index contributed by atoms with van der Waals surface area (Å²) in [5.41, 5.74) is 11.2. The maximum Gasteiger partial charge on any atom is 0.107 e. The number of benzene rings is 2. The number of imidazole rings is 1. The maximum atomic E-state index is 5.68. The Morgan fingerprint density at radius 1 is 1.05 bits per heavy atom. The quantitative estimate of drug-likeness (QED) is 0.722. The number of H-pyrrole nitrogens is 1. The molecule has 0 spiro atoms. The summed E-state index contributed by atoms with van der Waals surface area (Å²) < 4.78 is 0. The predicted octanol–water partition coefficient (Wildman–Crippen LogP) is 3.66. The molecule has 1 heterocycles. The van der Waals surface area contributed by atoms with Gasteiger partial charge in [-0.1, -0.05) is 18.2 Å². The first kappa shape index (κ1) is 14.4. The van der Waals surface area contributed by atoms with Crippen LogP contribution in [-0.4, -0.2) is 9.97 Å². The lowest BCUT2D eigenvalue weighted by molar-refractivity contribution is 0.890. The molecule has 0 fully saturated rings. The summed E-state index contributed by atoms with van der Waals surface area (Å²) in [7, 11) is 0. The number of hydrogen-bond donors (Lipinski definition) is 2. The molecule has 3 aromatic rings. The summed E-state index contributed by atoms with van der Waals surface area (Å²) in [6.07, 6.45) is 1.89. The van der Waals surface area contributed by atoms with Crippen molar-refractivity contribution in [3.63, 3.8) is 0 Å². The Morgan fingerprint density at radius 3 is 2.55 bits per heavy atom. The van der Waals surface area contributed by atoms with Crippen LogP contribution in [0, 0.1) is 6.92 Å². The van der Waals surface area contributed by atoms with Gasteiger partial charge in [0.05, 0.1) is 11.0 Å². The van der Waals surface area contributed by atoms with Crippen LogP contribution in [0.15, 0.2) is 42.5 Å². The van der Waals surface area contributed by atoms with Crippen LogP contribution in [0.3, 0.4) is 0 Å². The van der Waals surface area contributed by atoms with Gasteiger partial charge in [0.15, 0.2) is 0 Å². The Bertz CT molecular complexity index is 701. The van der Waals surface area contributed by atoms with E-state index in [9.17, 15) is 0 Å². The minimum Gasteiger partial charge on any atom is -0.399 e. The zero-order valence-electron chi connectivity index (χ0n) is 11.4. The third kappa shape index (κ3) is 3.11. The van der Waals surface area contributed by atoms with E-state index in [1.54, 1.807) is 0 Å². The average Bonchev–Trinajstić information content (AvgIpc) is 2.80. The smallest absolute Gasteiger partial charge is 0.107 e. The monoisotopic (exact) mass is 287 g/mol. The van der Waals surface area contributed by atoms with E-state index in [4.69, 9.17) is 5.73 Å². The van der Waals surface area contributed by atoms with E-state index in [1.807, 2.05) is 12.1 Å². The summed E-state index contributed by atoms with van der Waals surface area (Å²) in [5, 5.41) is 0. The number of nitrogens with two attached hydrogens (primary N) is 1. The second kappa shape index (κ2) is 5.97. The minimum absolute atomic E-state index is 0. The summed E-state index contributed by atoms with van der Waals surface area (Å²) in [6.45, 7) is 2.09. The summed E-state index contributed by atoms with van der Waals surface area (Å²) in [5.74, 6) is 1.04. The number of rotatable bonds is 3. The first-order valence-corrected chi connectivity index (χ1v) is 6.50. The fourth-order valence-electron chi connectivity index (χ4n) is 2.24. The van der Waals surface area contributed by atoms with Gasteiger partial charge in [-0.05, 0) is 48.7 Å². The molecule has 0 aliphatic rings. The molecule has 0 aliphatic heterocycles. The van der Waals surface area contributed by atoms with Crippen LogP contribution in [0.1, 0.15) is 17.0 Å². The maximum absolute atomic E-state index is 5.68. The van der Waals surface area contributed by atoms with Crippen LogP contribution >= 0.6 is 12.4 Å². The van der Waals surface area contributed by atoms with E-state index in [-0.39, 0.29) is 12.4 Å². The summed E-state index contributed by atoms with van der Waals surface area (Å²) in [6, 6.07) is 14.3. The van der Waals surface area contributed by atoms with Crippen LogP contribution in [0.4, 0.5) is 5.69 Å². The largest absolute Gasteiger partial charge is 0.399 e. The van der Waals surface area contributed by atoms with Gasteiger partial charge < -0.3 is 10.7 Å². The number of aromatic nitrogens is 2. The molecule has 0 unspecified atom stereocenters. The topological polar surface area (TPSA) is 54.7 Å². The molecule has 0 saturated heterocycles. The van der Waals surface area contributed by atoms with Gasteiger partial charge in [-0.2, -0.15) is 0 Å². The van der Waals surface area contributed by atoms with E-state index in [1.165, 1.54) is 11.1 Å². The van der Waals surface area contributed by atoms with Gasteiger partial charge in [0.1, 0.15) is 5.82 Å². The lowest BCUT2D eigenvalue weighted by Gasteiger charge is -1.99. The number of aromatic amines is 1. The van der Waals surface area contributed by atoms with Gasteiger partial charge in [-0.15, -0.1) is 12.4 Å². The molecule has 0 radical (unpaired) electrons. The molecule has 3 nitrogen and oxygen atoms in total. The number of nitrogens with zero attached hydrogens (tertiary/aromatic N) is 1. The molecule has 3 N–H and O–H groups in total. The fourth-order valence-corrected chi connectivity index (χ4v) is 2.24. The van der Waals surface area contributed by atoms with Crippen molar-refractivity contribution in [3.8, 4) is 0 Å². The molecular formula is C16H18ClN3. The lowest BCUT2D eigenvalue weighted by Crippen LogP contribution is -1.94. The molecule has 20 heavy (non-hydrogen) atoms. The molecule has 3 rings (SSSR count). The molecule has 0 saturated carbocycles. The lowest BCUT2D eigenvalue weighted by atomic mass is 10.1. The van der Waals surface area contributed by atoms with Crippen molar-refractivity contribution in [2.45, 2.75) is 19.8 Å². The molecule has 0 bridgehead atoms. The van der Waals surface area contributed by atoms with Gasteiger partial charge in [-0.25, -0.2) is 4.98 Å². The minimum atomic E-state index is 0. The second-order valence-electron chi connectivity index (χ2n) is 4.95. The highest BCUT2D eigenvalue weighted by atomic mass is 35.5. The van der Waals surface area contributed by atoms with E-state index >= 15 is 0 Å². The van der Waals surface area contributed by atoms with Crippen LogP contribution in [0.25, 0.3) is 11.0 Å². The second-order valence-corrected chi connectivity index (χ2v) is 4.95. The molecule has 0 amide bonds. The normalized spacial score (nSPS) is 10.4. The molecule has 0 aliphatic carbocycles. The number of hydrogen-bond acceptors (Lipinski definition) is 2. The third-order valence-electron chi connectivity index (χ3n) is 3.32. The van der Waals surface area contributed by atoms with Crippen LogP contribution in [0.5, 0.6) is 0 Å². The Kier molecular flexibility index (Phi) is 4.30. The van der Waals surface area contributed by atoms with Gasteiger partial charge in [-0.3, -0.25) is 0 Å². The molecule has 104 valence electrons. The molecule has 4 heteroatoms. The summed E-state index contributed by atoms with van der Waals surface area (Å²) in [4.78, 5) is 7.99. The van der Waals surface area contributed by atoms with Gasteiger partial charge >= 0.3 is 0 Å². The zero-order valence-corrected chi connectivity index (χ0v) is 12.2.